The third-order valence-corrected chi connectivity index (χ3v) is 5.98. The number of carbonyl (C=O) groups excluding carboxylic acids is 3. The predicted molar refractivity (Wildman–Crippen MR) is 145 cm³/mol. The van der Waals surface area contributed by atoms with Gasteiger partial charge in [-0.3, -0.25) is 14.9 Å². The van der Waals surface area contributed by atoms with Crippen LogP contribution in [0.25, 0.3) is 6.08 Å². The van der Waals surface area contributed by atoms with Gasteiger partial charge in [-0.1, -0.05) is 35.3 Å². The fraction of sp³-hybridized carbons (Fsp3) is 0.179. The molecule has 10 heteroatoms. The molecule has 0 aliphatic carbocycles. The van der Waals surface area contributed by atoms with Crippen LogP contribution in [0, 0.1) is 0 Å². The lowest BCUT2D eigenvalue weighted by molar-refractivity contribution is -0.122. The number of imide groups is 2. The highest BCUT2D eigenvalue weighted by Gasteiger charge is 2.37. The van der Waals surface area contributed by atoms with Crippen LogP contribution in [0.5, 0.6) is 17.2 Å². The fourth-order valence-corrected chi connectivity index (χ4v) is 4.13. The zero-order chi connectivity index (χ0) is 27.2. The van der Waals surface area contributed by atoms with Crippen molar-refractivity contribution in [2.24, 2.45) is 0 Å². The molecule has 0 bridgehead atoms. The highest BCUT2D eigenvalue weighted by Crippen LogP contribution is 2.38. The van der Waals surface area contributed by atoms with Gasteiger partial charge in [0.2, 0.25) is 0 Å². The highest BCUT2D eigenvalue weighted by molar-refractivity contribution is 6.39. The molecule has 1 aliphatic rings. The van der Waals surface area contributed by atoms with Crippen molar-refractivity contribution in [1.82, 2.24) is 5.32 Å². The molecule has 3 aromatic rings. The van der Waals surface area contributed by atoms with Crippen LogP contribution in [-0.2, 0) is 16.2 Å². The monoisotopic (exact) mass is 554 g/mol. The molecule has 1 aliphatic heterocycles. The molecule has 3 aromatic carbocycles. The third kappa shape index (κ3) is 6.10. The van der Waals surface area contributed by atoms with Crippen LogP contribution in [0.15, 0.2) is 66.2 Å². The van der Waals surface area contributed by atoms with E-state index >= 15 is 0 Å². The van der Waals surface area contributed by atoms with E-state index in [2.05, 4.69) is 5.32 Å². The highest BCUT2D eigenvalue weighted by atomic mass is 35.5. The maximum atomic E-state index is 13.3. The molecule has 196 valence electrons. The van der Waals surface area contributed by atoms with Gasteiger partial charge >= 0.3 is 6.03 Å². The van der Waals surface area contributed by atoms with Crippen LogP contribution in [0.1, 0.15) is 25.0 Å². The van der Waals surface area contributed by atoms with Gasteiger partial charge in [-0.15, -0.1) is 0 Å². The SMILES string of the molecule is CCOc1ccc(N2C(=O)NC(=O)/C(=C\c3cc(Cl)c(OCc4ccc(Cl)cc4)c(OCC)c3)C2=O)cc1. The number of amides is 4. The molecule has 0 atom stereocenters. The lowest BCUT2D eigenvalue weighted by Crippen LogP contribution is -2.54. The lowest BCUT2D eigenvalue weighted by Gasteiger charge is -2.26. The molecule has 1 heterocycles. The second-order valence-electron chi connectivity index (χ2n) is 8.06. The van der Waals surface area contributed by atoms with Gasteiger partial charge in [0.1, 0.15) is 17.9 Å². The molecular formula is C28H24Cl2N2O6. The van der Waals surface area contributed by atoms with Crippen molar-refractivity contribution in [1.29, 1.82) is 0 Å². The van der Waals surface area contributed by atoms with Crippen molar-refractivity contribution < 1.29 is 28.6 Å². The van der Waals surface area contributed by atoms with E-state index in [9.17, 15) is 14.4 Å². The predicted octanol–water partition coefficient (Wildman–Crippen LogP) is 6.04. The van der Waals surface area contributed by atoms with Gasteiger partial charge in [0.25, 0.3) is 11.8 Å². The van der Waals surface area contributed by atoms with Gasteiger partial charge < -0.3 is 14.2 Å². The molecule has 4 rings (SSSR count). The van der Waals surface area contributed by atoms with Crippen LogP contribution >= 0.6 is 23.2 Å². The minimum atomic E-state index is -0.847. The van der Waals surface area contributed by atoms with E-state index in [4.69, 9.17) is 37.4 Å². The Labute approximate surface area is 229 Å². The summed E-state index contributed by atoms with van der Waals surface area (Å²) in [5.41, 5.74) is 1.33. The summed E-state index contributed by atoms with van der Waals surface area (Å²) in [6.45, 7) is 4.67. The number of barbiturate groups is 1. The first-order valence-electron chi connectivity index (χ1n) is 11.8. The minimum Gasteiger partial charge on any atom is -0.494 e. The average Bonchev–Trinajstić information content (AvgIpc) is 2.88. The average molecular weight is 555 g/mol. The van der Waals surface area contributed by atoms with Crippen molar-refractivity contribution >= 4 is 52.8 Å². The summed E-state index contributed by atoms with van der Waals surface area (Å²) >= 11 is 12.5. The van der Waals surface area contributed by atoms with Crippen LogP contribution in [-0.4, -0.2) is 31.1 Å². The van der Waals surface area contributed by atoms with Crippen LogP contribution < -0.4 is 24.4 Å². The summed E-state index contributed by atoms with van der Waals surface area (Å²) in [4.78, 5) is 39.3. The number of ether oxygens (including phenoxy) is 3. The standard InChI is InChI=1S/C28H24Cl2N2O6/c1-3-36-21-11-9-20(10-12-21)32-27(34)22(26(33)31-28(32)35)13-18-14-23(30)25(24(15-18)37-4-2)38-16-17-5-7-19(29)8-6-17/h5-15H,3-4,16H2,1-2H3,(H,31,33,35)/b22-13+. The molecule has 0 radical (unpaired) electrons. The number of halogens is 2. The molecule has 1 saturated heterocycles. The number of hydrogen-bond donors (Lipinski definition) is 1. The molecule has 4 amide bonds. The van der Waals surface area contributed by atoms with Gasteiger partial charge in [-0.05, 0) is 79.6 Å². The Bertz CT molecular complexity index is 1390. The summed E-state index contributed by atoms with van der Waals surface area (Å²) in [5, 5.41) is 3.04. The quantitative estimate of drug-likeness (QED) is 0.256. The van der Waals surface area contributed by atoms with Gasteiger partial charge in [0.05, 0.1) is 23.9 Å². The third-order valence-electron chi connectivity index (χ3n) is 5.45. The summed E-state index contributed by atoms with van der Waals surface area (Å²) in [6.07, 6.45) is 1.35. The zero-order valence-electron chi connectivity index (χ0n) is 20.6. The van der Waals surface area contributed by atoms with E-state index in [1.54, 1.807) is 55.5 Å². The van der Waals surface area contributed by atoms with Gasteiger partial charge in [-0.2, -0.15) is 0 Å². The smallest absolute Gasteiger partial charge is 0.335 e. The number of nitrogens with zero attached hydrogens (tertiary/aromatic N) is 1. The minimum absolute atomic E-state index is 0.220. The first-order chi connectivity index (χ1) is 18.3. The van der Waals surface area contributed by atoms with Gasteiger partial charge in [0.15, 0.2) is 11.5 Å². The Hall–Kier alpha value is -4.01. The summed E-state index contributed by atoms with van der Waals surface area (Å²) in [7, 11) is 0. The number of rotatable bonds is 9. The maximum absolute atomic E-state index is 13.3. The number of carbonyl (C=O) groups is 3. The Kier molecular flexibility index (Phi) is 8.55. The Morgan fingerprint density at radius 2 is 1.55 bits per heavy atom. The summed E-state index contributed by atoms with van der Waals surface area (Å²) in [5.74, 6) is -0.357. The molecule has 0 unspecified atom stereocenters. The number of hydrogen-bond acceptors (Lipinski definition) is 6. The number of urea groups is 1. The van der Waals surface area contributed by atoms with Crippen molar-refractivity contribution in [2.75, 3.05) is 18.1 Å². The first-order valence-corrected chi connectivity index (χ1v) is 12.5. The van der Waals surface area contributed by atoms with E-state index in [0.717, 1.165) is 10.5 Å². The maximum Gasteiger partial charge on any atom is 0.335 e. The van der Waals surface area contributed by atoms with Crippen molar-refractivity contribution in [2.45, 2.75) is 20.5 Å². The molecule has 8 nitrogen and oxygen atoms in total. The van der Waals surface area contributed by atoms with E-state index < -0.39 is 17.8 Å². The van der Waals surface area contributed by atoms with Crippen molar-refractivity contribution in [3.8, 4) is 17.2 Å². The van der Waals surface area contributed by atoms with E-state index in [1.807, 2.05) is 19.1 Å². The molecule has 38 heavy (non-hydrogen) atoms. The number of nitrogens with one attached hydrogen (secondary N) is 1. The largest absolute Gasteiger partial charge is 0.494 e. The first kappa shape index (κ1) is 27.0. The van der Waals surface area contributed by atoms with Crippen molar-refractivity contribution in [3.05, 3.63) is 87.4 Å². The Balaban J connectivity index is 1.63. The zero-order valence-corrected chi connectivity index (χ0v) is 22.1. The van der Waals surface area contributed by atoms with Crippen LogP contribution in [0.3, 0.4) is 0 Å². The van der Waals surface area contributed by atoms with Crippen LogP contribution in [0.2, 0.25) is 10.0 Å². The molecule has 1 N–H and O–H groups in total. The van der Waals surface area contributed by atoms with Gasteiger partial charge in [0, 0.05) is 5.02 Å². The molecule has 0 spiro atoms. The van der Waals surface area contributed by atoms with E-state index in [-0.39, 0.29) is 22.9 Å². The van der Waals surface area contributed by atoms with Gasteiger partial charge in [-0.25, -0.2) is 9.69 Å². The summed E-state index contributed by atoms with van der Waals surface area (Å²) < 4.78 is 17.1. The lowest BCUT2D eigenvalue weighted by atomic mass is 10.1. The Morgan fingerprint density at radius 1 is 0.868 bits per heavy atom. The second-order valence-corrected chi connectivity index (χ2v) is 8.91. The van der Waals surface area contributed by atoms with E-state index in [1.165, 1.54) is 6.08 Å². The molecule has 0 aromatic heterocycles. The van der Waals surface area contributed by atoms with E-state index in [0.29, 0.717) is 41.0 Å². The molecular weight excluding hydrogens is 531 g/mol. The number of benzene rings is 3. The number of anilines is 1. The second kappa shape index (κ2) is 12.0. The molecule has 1 fully saturated rings. The Morgan fingerprint density at radius 3 is 2.21 bits per heavy atom. The normalized spacial score (nSPS) is 14.5. The van der Waals surface area contributed by atoms with Crippen molar-refractivity contribution in [3.63, 3.8) is 0 Å². The van der Waals surface area contributed by atoms with Crippen LogP contribution in [0.4, 0.5) is 10.5 Å². The fourth-order valence-electron chi connectivity index (χ4n) is 3.73. The summed E-state index contributed by atoms with van der Waals surface area (Å²) in [6, 6.07) is 15.9. The topological polar surface area (TPSA) is 94.2 Å². The molecule has 0 saturated carbocycles.